The number of nitrogens with one attached hydrogen (secondary N) is 2. The summed E-state index contributed by atoms with van der Waals surface area (Å²) in [7, 11) is 0. The molecule has 1 fully saturated rings. The van der Waals surface area contributed by atoms with Crippen molar-refractivity contribution in [3.63, 3.8) is 0 Å². The molecule has 1 aromatic carbocycles. The van der Waals surface area contributed by atoms with Crippen LogP contribution in [-0.4, -0.2) is 25.0 Å². The zero-order valence-electron chi connectivity index (χ0n) is 8.92. The van der Waals surface area contributed by atoms with Gasteiger partial charge < -0.3 is 10.6 Å². The van der Waals surface area contributed by atoms with Crippen molar-refractivity contribution in [1.82, 2.24) is 10.6 Å². The van der Waals surface area contributed by atoms with Gasteiger partial charge in [-0.15, -0.1) is 0 Å². The lowest BCUT2D eigenvalue weighted by Gasteiger charge is -2.11. The first-order valence-electron chi connectivity index (χ1n) is 5.34. The van der Waals surface area contributed by atoms with Crippen LogP contribution in [0.3, 0.4) is 0 Å². The van der Waals surface area contributed by atoms with E-state index >= 15 is 0 Å². The van der Waals surface area contributed by atoms with Gasteiger partial charge in [0, 0.05) is 18.2 Å². The maximum Gasteiger partial charge on any atom is 0.251 e. The van der Waals surface area contributed by atoms with E-state index in [-0.39, 0.29) is 5.91 Å². The number of carbonyl (C=O) groups is 1. The molecule has 2 N–H and O–H groups in total. The summed E-state index contributed by atoms with van der Waals surface area (Å²) in [5.74, 6) is 0.0312. The van der Waals surface area contributed by atoms with Gasteiger partial charge in [-0.05, 0) is 32.0 Å². The molecule has 1 aromatic rings. The van der Waals surface area contributed by atoms with E-state index in [9.17, 15) is 4.79 Å². The van der Waals surface area contributed by atoms with Crippen molar-refractivity contribution in [1.29, 1.82) is 0 Å². The molecular formula is C12H16N2O. The van der Waals surface area contributed by atoms with Crippen molar-refractivity contribution in [2.45, 2.75) is 19.4 Å². The van der Waals surface area contributed by atoms with Crippen LogP contribution in [0.25, 0.3) is 0 Å². The SMILES string of the molecule is Cc1ccc(C(=O)N[C@H]2CCNC2)cc1. The van der Waals surface area contributed by atoms with Crippen LogP contribution in [0, 0.1) is 6.92 Å². The Kier molecular flexibility index (Phi) is 3.02. The molecule has 0 spiro atoms. The average molecular weight is 204 g/mol. The Hall–Kier alpha value is -1.35. The molecule has 0 radical (unpaired) electrons. The molecular weight excluding hydrogens is 188 g/mol. The van der Waals surface area contributed by atoms with Crippen LogP contribution in [0.1, 0.15) is 22.3 Å². The third-order valence-electron chi connectivity index (χ3n) is 2.71. The maximum absolute atomic E-state index is 11.8. The molecule has 3 heteroatoms. The summed E-state index contributed by atoms with van der Waals surface area (Å²) >= 11 is 0. The Morgan fingerprint density at radius 2 is 2.13 bits per heavy atom. The molecule has 1 atom stereocenters. The summed E-state index contributed by atoms with van der Waals surface area (Å²) in [6.45, 7) is 3.90. The number of carbonyl (C=O) groups excluding carboxylic acids is 1. The van der Waals surface area contributed by atoms with Crippen molar-refractivity contribution in [3.05, 3.63) is 35.4 Å². The van der Waals surface area contributed by atoms with Crippen molar-refractivity contribution in [2.24, 2.45) is 0 Å². The predicted octanol–water partition coefficient (Wildman–Crippen LogP) is 1.09. The first kappa shape index (κ1) is 10.2. The van der Waals surface area contributed by atoms with Gasteiger partial charge >= 0.3 is 0 Å². The molecule has 0 aromatic heterocycles. The van der Waals surface area contributed by atoms with Crippen molar-refractivity contribution in [2.75, 3.05) is 13.1 Å². The van der Waals surface area contributed by atoms with Crippen molar-refractivity contribution >= 4 is 5.91 Å². The minimum atomic E-state index is 0.0312. The summed E-state index contributed by atoms with van der Waals surface area (Å²) in [6, 6.07) is 7.95. The first-order valence-corrected chi connectivity index (χ1v) is 5.34. The molecule has 80 valence electrons. The third kappa shape index (κ3) is 2.57. The molecule has 3 nitrogen and oxygen atoms in total. The van der Waals surface area contributed by atoms with Gasteiger partial charge in [0.2, 0.25) is 0 Å². The first-order chi connectivity index (χ1) is 7.25. The van der Waals surface area contributed by atoms with Gasteiger partial charge in [0.15, 0.2) is 0 Å². The molecule has 1 aliphatic rings. The molecule has 1 aliphatic heterocycles. The number of aryl methyl sites for hydroxylation is 1. The minimum absolute atomic E-state index is 0.0312. The van der Waals surface area contributed by atoms with E-state index in [1.165, 1.54) is 5.56 Å². The summed E-state index contributed by atoms with van der Waals surface area (Å²) in [5.41, 5.74) is 1.92. The second-order valence-corrected chi connectivity index (χ2v) is 4.03. The molecule has 1 heterocycles. The molecule has 15 heavy (non-hydrogen) atoms. The maximum atomic E-state index is 11.8. The van der Waals surface area contributed by atoms with E-state index in [4.69, 9.17) is 0 Å². The fraction of sp³-hybridized carbons (Fsp3) is 0.417. The summed E-state index contributed by atoms with van der Waals surface area (Å²) in [6.07, 6.45) is 1.03. The monoisotopic (exact) mass is 204 g/mol. The molecule has 2 rings (SSSR count). The Labute approximate surface area is 89.9 Å². The molecule has 1 amide bonds. The highest BCUT2D eigenvalue weighted by atomic mass is 16.1. The lowest BCUT2D eigenvalue weighted by atomic mass is 10.1. The fourth-order valence-electron chi connectivity index (χ4n) is 1.75. The van der Waals surface area contributed by atoms with Gasteiger partial charge in [0.1, 0.15) is 0 Å². The smallest absolute Gasteiger partial charge is 0.251 e. The van der Waals surface area contributed by atoms with Gasteiger partial charge in [-0.25, -0.2) is 0 Å². The summed E-state index contributed by atoms with van der Waals surface area (Å²) in [4.78, 5) is 11.8. The van der Waals surface area contributed by atoms with Crippen LogP contribution in [0.4, 0.5) is 0 Å². The molecule has 0 aliphatic carbocycles. The summed E-state index contributed by atoms with van der Waals surface area (Å²) < 4.78 is 0. The van der Waals surface area contributed by atoms with Crippen LogP contribution >= 0.6 is 0 Å². The van der Waals surface area contributed by atoms with E-state index in [1.807, 2.05) is 31.2 Å². The van der Waals surface area contributed by atoms with Gasteiger partial charge in [0.25, 0.3) is 5.91 Å². The minimum Gasteiger partial charge on any atom is -0.348 e. The second kappa shape index (κ2) is 4.45. The molecule has 0 saturated carbocycles. The lowest BCUT2D eigenvalue weighted by Crippen LogP contribution is -2.36. The number of rotatable bonds is 2. The molecule has 1 saturated heterocycles. The van der Waals surface area contributed by atoms with E-state index in [0.717, 1.165) is 25.1 Å². The topological polar surface area (TPSA) is 41.1 Å². The van der Waals surface area contributed by atoms with Crippen LogP contribution in [0.15, 0.2) is 24.3 Å². The third-order valence-corrected chi connectivity index (χ3v) is 2.71. The number of hydrogen-bond acceptors (Lipinski definition) is 2. The Bertz CT molecular complexity index is 339. The van der Waals surface area contributed by atoms with E-state index in [0.29, 0.717) is 6.04 Å². The van der Waals surface area contributed by atoms with Crippen LogP contribution in [0.5, 0.6) is 0 Å². The summed E-state index contributed by atoms with van der Waals surface area (Å²) in [5, 5.41) is 6.24. The van der Waals surface area contributed by atoms with Crippen molar-refractivity contribution < 1.29 is 4.79 Å². The number of amides is 1. The van der Waals surface area contributed by atoms with E-state index < -0.39 is 0 Å². The fourth-order valence-corrected chi connectivity index (χ4v) is 1.75. The van der Waals surface area contributed by atoms with Gasteiger partial charge in [-0.1, -0.05) is 17.7 Å². The van der Waals surface area contributed by atoms with Crippen molar-refractivity contribution in [3.8, 4) is 0 Å². The lowest BCUT2D eigenvalue weighted by molar-refractivity contribution is 0.0940. The van der Waals surface area contributed by atoms with Gasteiger partial charge in [0.05, 0.1) is 0 Å². The number of hydrogen-bond donors (Lipinski definition) is 2. The zero-order valence-corrected chi connectivity index (χ0v) is 8.92. The van der Waals surface area contributed by atoms with E-state index in [1.54, 1.807) is 0 Å². The normalized spacial score (nSPS) is 20.2. The number of benzene rings is 1. The van der Waals surface area contributed by atoms with Crippen LogP contribution in [-0.2, 0) is 0 Å². The Morgan fingerprint density at radius 3 is 2.73 bits per heavy atom. The van der Waals surface area contributed by atoms with Crippen LogP contribution in [0.2, 0.25) is 0 Å². The average Bonchev–Trinajstić information content (AvgIpc) is 2.71. The Morgan fingerprint density at radius 1 is 1.40 bits per heavy atom. The quantitative estimate of drug-likeness (QED) is 0.757. The molecule has 0 unspecified atom stereocenters. The van der Waals surface area contributed by atoms with Gasteiger partial charge in [-0.3, -0.25) is 4.79 Å². The highest BCUT2D eigenvalue weighted by molar-refractivity contribution is 5.94. The second-order valence-electron chi connectivity index (χ2n) is 4.03. The Balaban J connectivity index is 1.98. The highest BCUT2D eigenvalue weighted by Crippen LogP contribution is 2.04. The largest absolute Gasteiger partial charge is 0.348 e. The van der Waals surface area contributed by atoms with Crippen LogP contribution < -0.4 is 10.6 Å². The predicted molar refractivity (Wildman–Crippen MR) is 59.9 cm³/mol. The standard InChI is InChI=1S/C12H16N2O/c1-9-2-4-10(5-3-9)12(15)14-11-6-7-13-8-11/h2-5,11,13H,6-8H2,1H3,(H,14,15)/t11-/m0/s1. The molecule has 0 bridgehead atoms. The van der Waals surface area contributed by atoms with E-state index in [2.05, 4.69) is 10.6 Å². The highest BCUT2D eigenvalue weighted by Gasteiger charge is 2.17. The zero-order chi connectivity index (χ0) is 10.7. The van der Waals surface area contributed by atoms with Gasteiger partial charge in [-0.2, -0.15) is 0 Å².